The van der Waals surface area contributed by atoms with Gasteiger partial charge in [-0.3, -0.25) is 9.36 Å². The van der Waals surface area contributed by atoms with Crippen molar-refractivity contribution in [2.24, 2.45) is 5.92 Å². The van der Waals surface area contributed by atoms with Crippen LogP contribution in [0, 0.1) is 12.8 Å². The summed E-state index contributed by atoms with van der Waals surface area (Å²) in [5, 5.41) is 13.4. The highest BCUT2D eigenvalue weighted by Crippen LogP contribution is 2.28. The Labute approximate surface area is 170 Å². The van der Waals surface area contributed by atoms with Crippen LogP contribution in [0.25, 0.3) is 5.13 Å². The van der Waals surface area contributed by atoms with E-state index in [2.05, 4.69) is 36.3 Å². The molecule has 0 atom stereocenters. The molecule has 1 N–H and O–H groups in total. The second-order valence-corrected chi connectivity index (χ2v) is 8.46. The number of nitrogens with zero attached hydrogens (tertiary/aromatic N) is 4. The van der Waals surface area contributed by atoms with Crippen molar-refractivity contribution in [1.82, 2.24) is 14.8 Å². The van der Waals surface area contributed by atoms with Gasteiger partial charge in [-0.2, -0.15) is 0 Å². The molecule has 3 heterocycles. The Morgan fingerprint density at radius 3 is 2.59 bits per heavy atom. The van der Waals surface area contributed by atoms with E-state index in [0.29, 0.717) is 0 Å². The Hall–Kier alpha value is -2.19. The maximum atomic E-state index is 12.6. The number of carbonyl (C=O) groups is 1. The van der Waals surface area contributed by atoms with Crippen LogP contribution in [0.4, 0.5) is 10.8 Å². The number of hydrogen-bond acceptors (Lipinski definition) is 5. The van der Waals surface area contributed by atoms with Gasteiger partial charge in [0, 0.05) is 41.6 Å². The average Bonchev–Trinajstić information content (AvgIpc) is 3.36. The Balaban J connectivity index is 1.34. The van der Waals surface area contributed by atoms with Crippen molar-refractivity contribution in [3.8, 4) is 5.13 Å². The first kappa shape index (κ1) is 18.2. The molecule has 4 rings (SSSR count). The second kappa shape index (κ2) is 7.82. The summed E-state index contributed by atoms with van der Waals surface area (Å²) in [4.78, 5) is 14.8. The molecule has 2 aromatic heterocycles. The largest absolute Gasteiger partial charge is 0.347 e. The lowest BCUT2D eigenvalue weighted by molar-refractivity contribution is -0.120. The molecule has 1 amide bonds. The third-order valence-corrected chi connectivity index (χ3v) is 6.68. The van der Waals surface area contributed by atoms with E-state index in [0.717, 1.165) is 51.9 Å². The number of rotatable bonds is 4. The van der Waals surface area contributed by atoms with E-state index in [4.69, 9.17) is 0 Å². The van der Waals surface area contributed by atoms with E-state index in [9.17, 15) is 4.79 Å². The molecule has 140 valence electrons. The van der Waals surface area contributed by atoms with Crippen molar-refractivity contribution in [2.45, 2.75) is 19.8 Å². The van der Waals surface area contributed by atoms with Crippen LogP contribution in [0.1, 0.15) is 18.4 Å². The number of hydrogen-bond donors (Lipinski definition) is 1. The van der Waals surface area contributed by atoms with Crippen LogP contribution in [0.5, 0.6) is 0 Å². The number of halogens is 1. The molecule has 27 heavy (non-hydrogen) atoms. The molecule has 0 aliphatic carbocycles. The van der Waals surface area contributed by atoms with E-state index in [1.807, 2.05) is 54.2 Å². The zero-order valence-corrected chi connectivity index (χ0v) is 17.3. The fourth-order valence-corrected chi connectivity index (χ4v) is 4.31. The van der Waals surface area contributed by atoms with Crippen molar-refractivity contribution in [1.29, 1.82) is 0 Å². The van der Waals surface area contributed by atoms with Gasteiger partial charge in [0.15, 0.2) is 0 Å². The molecule has 1 fully saturated rings. The molecule has 0 radical (unpaired) electrons. The van der Waals surface area contributed by atoms with E-state index >= 15 is 0 Å². The monoisotopic (exact) mass is 445 g/mol. The van der Waals surface area contributed by atoms with Crippen molar-refractivity contribution in [2.75, 3.05) is 23.3 Å². The standard InChI is InChI=1S/C19H20BrN5OS/c1-13-12-15(4-5-16(13)20)21-17(26)14-6-10-25(11-7-14)19-23-22-18(27-19)24-8-2-3-9-24/h2-5,8-9,12,14H,6-7,10-11H2,1H3,(H,21,26). The number of amides is 1. The summed E-state index contributed by atoms with van der Waals surface area (Å²) in [7, 11) is 0. The van der Waals surface area contributed by atoms with Crippen molar-refractivity contribution in [3.63, 3.8) is 0 Å². The molecule has 6 nitrogen and oxygen atoms in total. The summed E-state index contributed by atoms with van der Waals surface area (Å²) in [6.07, 6.45) is 5.56. The predicted molar refractivity (Wildman–Crippen MR) is 112 cm³/mol. The normalized spacial score (nSPS) is 15.1. The van der Waals surface area contributed by atoms with Crippen LogP contribution in [0.15, 0.2) is 47.2 Å². The number of nitrogens with one attached hydrogen (secondary N) is 1. The molecular formula is C19H20BrN5OS. The van der Waals surface area contributed by atoms with Gasteiger partial charge in [0.25, 0.3) is 0 Å². The zero-order chi connectivity index (χ0) is 18.8. The van der Waals surface area contributed by atoms with E-state index < -0.39 is 0 Å². The van der Waals surface area contributed by atoms with Crippen molar-refractivity contribution >= 4 is 44.0 Å². The SMILES string of the molecule is Cc1cc(NC(=O)C2CCN(c3nnc(-n4cccc4)s3)CC2)ccc1Br. The zero-order valence-electron chi connectivity index (χ0n) is 14.9. The van der Waals surface area contributed by atoms with Gasteiger partial charge in [0.2, 0.25) is 16.2 Å². The molecule has 1 aliphatic rings. The highest BCUT2D eigenvalue weighted by Gasteiger charge is 2.27. The summed E-state index contributed by atoms with van der Waals surface area (Å²) in [5.74, 6) is 0.128. The first-order chi connectivity index (χ1) is 13.1. The smallest absolute Gasteiger partial charge is 0.227 e. The third-order valence-electron chi connectivity index (χ3n) is 4.79. The number of aromatic nitrogens is 3. The minimum absolute atomic E-state index is 0.0297. The molecule has 3 aromatic rings. The summed E-state index contributed by atoms with van der Waals surface area (Å²) < 4.78 is 3.01. The topological polar surface area (TPSA) is 63.1 Å². The molecule has 0 unspecified atom stereocenters. The number of aryl methyl sites for hydroxylation is 1. The minimum atomic E-state index is 0.0297. The maximum absolute atomic E-state index is 12.6. The lowest BCUT2D eigenvalue weighted by atomic mass is 9.96. The quantitative estimate of drug-likeness (QED) is 0.651. The molecule has 0 saturated carbocycles. The third kappa shape index (κ3) is 4.06. The Morgan fingerprint density at radius 2 is 1.89 bits per heavy atom. The predicted octanol–water partition coefficient (Wildman–Crippen LogP) is 4.25. The van der Waals surface area contributed by atoms with Gasteiger partial charge in [0.05, 0.1) is 0 Å². The molecule has 0 spiro atoms. The molecule has 8 heteroatoms. The molecule has 0 bridgehead atoms. The molecule has 1 aliphatic heterocycles. The average molecular weight is 446 g/mol. The minimum Gasteiger partial charge on any atom is -0.347 e. The van der Waals surface area contributed by atoms with Crippen LogP contribution in [0.2, 0.25) is 0 Å². The van der Waals surface area contributed by atoms with Crippen molar-refractivity contribution < 1.29 is 4.79 Å². The lowest BCUT2D eigenvalue weighted by Gasteiger charge is -2.30. The van der Waals surface area contributed by atoms with Gasteiger partial charge in [-0.25, -0.2) is 0 Å². The summed E-state index contributed by atoms with van der Waals surface area (Å²) in [6, 6.07) is 9.82. The summed E-state index contributed by atoms with van der Waals surface area (Å²) >= 11 is 5.06. The summed E-state index contributed by atoms with van der Waals surface area (Å²) in [5.41, 5.74) is 1.96. The Bertz CT molecular complexity index is 931. The van der Waals surface area contributed by atoms with Crippen LogP contribution in [-0.4, -0.2) is 33.8 Å². The molecular weight excluding hydrogens is 426 g/mol. The maximum Gasteiger partial charge on any atom is 0.227 e. The Kier molecular flexibility index (Phi) is 5.27. The van der Waals surface area contributed by atoms with Crippen LogP contribution >= 0.6 is 27.3 Å². The van der Waals surface area contributed by atoms with E-state index in [1.54, 1.807) is 11.3 Å². The first-order valence-corrected chi connectivity index (χ1v) is 10.5. The van der Waals surface area contributed by atoms with Crippen LogP contribution in [-0.2, 0) is 4.79 Å². The second-order valence-electron chi connectivity index (χ2n) is 6.67. The highest BCUT2D eigenvalue weighted by atomic mass is 79.9. The van der Waals surface area contributed by atoms with Gasteiger partial charge in [-0.15, -0.1) is 10.2 Å². The van der Waals surface area contributed by atoms with E-state index in [-0.39, 0.29) is 11.8 Å². The number of anilines is 2. The Morgan fingerprint density at radius 1 is 1.19 bits per heavy atom. The van der Waals surface area contributed by atoms with Gasteiger partial charge < -0.3 is 10.2 Å². The highest BCUT2D eigenvalue weighted by molar-refractivity contribution is 9.10. The lowest BCUT2D eigenvalue weighted by Crippen LogP contribution is -2.38. The fourth-order valence-electron chi connectivity index (χ4n) is 3.20. The van der Waals surface area contributed by atoms with E-state index in [1.165, 1.54) is 0 Å². The molecule has 1 saturated heterocycles. The van der Waals surface area contributed by atoms with Gasteiger partial charge >= 0.3 is 0 Å². The number of piperidine rings is 1. The van der Waals surface area contributed by atoms with Crippen molar-refractivity contribution in [3.05, 3.63) is 52.8 Å². The van der Waals surface area contributed by atoms with Gasteiger partial charge in [0.1, 0.15) is 0 Å². The number of carbonyl (C=O) groups excluding carboxylic acids is 1. The van der Waals surface area contributed by atoms with Gasteiger partial charge in [-0.1, -0.05) is 27.3 Å². The van der Waals surface area contributed by atoms with Crippen LogP contribution < -0.4 is 10.2 Å². The number of benzene rings is 1. The van der Waals surface area contributed by atoms with Gasteiger partial charge in [-0.05, 0) is 55.7 Å². The molecule has 1 aromatic carbocycles. The summed E-state index contributed by atoms with van der Waals surface area (Å²) in [6.45, 7) is 3.65. The first-order valence-electron chi connectivity index (χ1n) is 8.89. The van der Waals surface area contributed by atoms with Crippen LogP contribution in [0.3, 0.4) is 0 Å². The fraction of sp³-hybridized carbons (Fsp3) is 0.316.